The molecule has 2 unspecified atom stereocenters. The minimum absolute atomic E-state index is 0.124. The first-order chi connectivity index (χ1) is 24.9. The third-order valence-electron chi connectivity index (χ3n) is 8.96. The average Bonchev–Trinajstić information content (AvgIpc) is 3.79. The molecule has 1 aliphatic heterocycles. The maximum Gasteiger partial charge on any atom is 0.410 e. The molecular formula is C38H52N6O8. The Kier molecular flexibility index (Phi) is 12.2. The van der Waals surface area contributed by atoms with Gasteiger partial charge >= 0.3 is 12.1 Å². The number of aromatic nitrogens is 4. The highest BCUT2D eigenvalue weighted by atomic mass is 16.6. The highest BCUT2D eigenvalue weighted by Crippen LogP contribution is 2.36. The zero-order valence-corrected chi connectivity index (χ0v) is 31.7. The zero-order chi connectivity index (χ0) is 37.6. The molecular weight excluding hydrogens is 668 g/mol. The van der Waals surface area contributed by atoms with Crippen molar-refractivity contribution in [1.82, 2.24) is 24.5 Å². The van der Waals surface area contributed by atoms with E-state index in [9.17, 15) is 9.90 Å². The molecule has 2 aromatic heterocycles. The van der Waals surface area contributed by atoms with Crippen molar-refractivity contribution in [1.29, 1.82) is 0 Å². The van der Waals surface area contributed by atoms with E-state index in [0.717, 1.165) is 30.4 Å². The van der Waals surface area contributed by atoms with E-state index in [-0.39, 0.29) is 12.1 Å². The van der Waals surface area contributed by atoms with Crippen molar-refractivity contribution in [3.05, 3.63) is 59.4 Å². The van der Waals surface area contributed by atoms with Gasteiger partial charge < -0.3 is 43.3 Å². The van der Waals surface area contributed by atoms with E-state index in [1.165, 1.54) is 0 Å². The fourth-order valence-electron chi connectivity index (χ4n) is 6.42. The lowest BCUT2D eigenvalue weighted by molar-refractivity contribution is 0.00388. The van der Waals surface area contributed by atoms with Crippen molar-refractivity contribution >= 4 is 17.6 Å². The monoisotopic (exact) mass is 720 g/mol. The predicted molar refractivity (Wildman–Crippen MR) is 196 cm³/mol. The van der Waals surface area contributed by atoms with Gasteiger partial charge in [-0.2, -0.15) is 4.98 Å². The molecule has 4 aromatic rings. The van der Waals surface area contributed by atoms with Crippen LogP contribution in [0.15, 0.2) is 42.6 Å². The van der Waals surface area contributed by atoms with Crippen LogP contribution in [0, 0.1) is 0 Å². The summed E-state index contributed by atoms with van der Waals surface area (Å²) in [4.78, 5) is 26.6. The average molecular weight is 721 g/mol. The number of methoxy groups -OCH3 is 4. The maximum atomic E-state index is 13.2. The molecule has 1 aliphatic rings. The molecule has 3 heterocycles. The van der Waals surface area contributed by atoms with Crippen molar-refractivity contribution in [2.75, 3.05) is 39.9 Å². The Hall–Kier alpha value is -4.98. The van der Waals surface area contributed by atoms with Crippen LogP contribution in [0.4, 0.5) is 10.6 Å². The number of nitrogens with zero attached hydrogens (tertiary/aromatic N) is 6. The molecule has 2 aromatic carbocycles. The Morgan fingerprint density at radius 2 is 1.60 bits per heavy atom. The van der Waals surface area contributed by atoms with E-state index in [2.05, 4.69) is 6.92 Å². The van der Waals surface area contributed by atoms with Crippen LogP contribution in [-0.4, -0.2) is 88.4 Å². The van der Waals surface area contributed by atoms with E-state index in [0.29, 0.717) is 66.2 Å². The lowest BCUT2D eigenvalue weighted by Crippen LogP contribution is -2.42. The van der Waals surface area contributed by atoms with Gasteiger partial charge in [0.1, 0.15) is 34.7 Å². The Morgan fingerprint density at radius 1 is 0.981 bits per heavy atom. The largest absolute Gasteiger partial charge is 0.497 e. The van der Waals surface area contributed by atoms with Gasteiger partial charge in [0.15, 0.2) is 11.5 Å². The first-order valence-corrected chi connectivity index (χ1v) is 17.7. The SMILES string of the molecule is CCC[C@H](C)Oc1nc(N(Cc2ccc(OC)cc2OC)Cc2ccc(OC)cc2OC)c2ncc(C(O)C3CCCN3C(=O)OC(C)(C)C)n2n1. The predicted octanol–water partition coefficient (Wildman–Crippen LogP) is 6.37. The Bertz CT molecular complexity index is 1770. The van der Waals surface area contributed by atoms with Gasteiger partial charge in [0, 0.05) is 42.9 Å². The number of fused-ring (bicyclic) bond motifs is 1. The molecule has 1 amide bonds. The molecule has 1 N–H and O–H groups in total. The summed E-state index contributed by atoms with van der Waals surface area (Å²) in [5.74, 6) is 3.04. The van der Waals surface area contributed by atoms with Crippen LogP contribution in [0.2, 0.25) is 0 Å². The minimum Gasteiger partial charge on any atom is -0.497 e. The number of imidazole rings is 1. The fraction of sp³-hybridized carbons (Fsp3) is 0.526. The summed E-state index contributed by atoms with van der Waals surface area (Å²) >= 11 is 0. The number of carbonyl (C=O) groups excluding carboxylic acids is 1. The van der Waals surface area contributed by atoms with Crippen molar-refractivity contribution in [2.45, 2.75) is 97.2 Å². The van der Waals surface area contributed by atoms with Gasteiger partial charge in [-0.1, -0.05) is 13.3 Å². The summed E-state index contributed by atoms with van der Waals surface area (Å²) in [6, 6.07) is 10.9. The number of likely N-dealkylation sites (tertiary alicyclic amines) is 1. The van der Waals surface area contributed by atoms with Crippen LogP contribution in [0.25, 0.3) is 5.65 Å². The third kappa shape index (κ3) is 8.72. The van der Waals surface area contributed by atoms with Crippen molar-refractivity contribution < 1.29 is 38.3 Å². The van der Waals surface area contributed by atoms with E-state index >= 15 is 0 Å². The normalized spacial score (nSPS) is 15.7. The summed E-state index contributed by atoms with van der Waals surface area (Å²) in [6.45, 7) is 10.7. The van der Waals surface area contributed by atoms with Crippen LogP contribution in [0.5, 0.6) is 29.0 Å². The van der Waals surface area contributed by atoms with Crippen LogP contribution in [0.1, 0.15) is 83.2 Å². The first-order valence-electron chi connectivity index (χ1n) is 17.7. The lowest BCUT2D eigenvalue weighted by atomic mass is 10.1. The summed E-state index contributed by atoms with van der Waals surface area (Å²) in [7, 11) is 6.45. The zero-order valence-electron chi connectivity index (χ0n) is 31.7. The summed E-state index contributed by atoms with van der Waals surface area (Å²) < 4.78 is 36.1. The molecule has 14 nitrogen and oxygen atoms in total. The van der Waals surface area contributed by atoms with Crippen molar-refractivity contribution in [3.8, 4) is 29.0 Å². The highest BCUT2D eigenvalue weighted by molar-refractivity contribution is 5.69. The van der Waals surface area contributed by atoms with Gasteiger partial charge in [-0.25, -0.2) is 14.3 Å². The van der Waals surface area contributed by atoms with Crippen LogP contribution >= 0.6 is 0 Å². The number of hydrogen-bond acceptors (Lipinski definition) is 12. The number of carbonyl (C=O) groups is 1. The van der Waals surface area contributed by atoms with E-state index < -0.39 is 23.8 Å². The molecule has 3 atom stereocenters. The van der Waals surface area contributed by atoms with Crippen LogP contribution in [0.3, 0.4) is 0 Å². The Morgan fingerprint density at radius 3 is 2.13 bits per heavy atom. The van der Waals surface area contributed by atoms with Crippen molar-refractivity contribution in [3.63, 3.8) is 0 Å². The molecule has 0 saturated carbocycles. The topological polar surface area (TPSA) is 142 Å². The number of amides is 1. The second kappa shape index (κ2) is 16.6. The Labute approximate surface area is 305 Å². The van der Waals surface area contributed by atoms with E-state index in [4.69, 9.17) is 43.5 Å². The van der Waals surface area contributed by atoms with Gasteiger partial charge in [0.05, 0.1) is 52.5 Å². The van der Waals surface area contributed by atoms with Crippen LogP contribution in [-0.2, 0) is 17.8 Å². The van der Waals surface area contributed by atoms with Gasteiger partial charge in [0.25, 0.3) is 0 Å². The summed E-state index contributed by atoms with van der Waals surface area (Å²) in [5, 5.41) is 16.7. The second-order valence-electron chi connectivity index (χ2n) is 13.9. The number of rotatable bonds is 15. The van der Waals surface area contributed by atoms with Crippen LogP contribution < -0.4 is 28.6 Å². The van der Waals surface area contributed by atoms with Gasteiger partial charge in [-0.05, 0) is 71.2 Å². The van der Waals surface area contributed by atoms with Gasteiger partial charge in [-0.3, -0.25) is 0 Å². The minimum atomic E-state index is -1.12. The number of anilines is 1. The quantitative estimate of drug-likeness (QED) is 0.146. The summed E-state index contributed by atoms with van der Waals surface area (Å²) in [5.41, 5.74) is 1.84. The van der Waals surface area contributed by atoms with E-state index in [1.807, 2.05) is 69.0 Å². The molecule has 14 heteroatoms. The fourth-order valence-corrected chi connectivity index (χ4v) is 6.42. The molecule has 0 bridgehead atoms. The first kappa shape index (κ1) is 38.3. The van der Waals surface area contributed by atoms with E-state index in [1.54, 1.807) is 44.1 Å². The lowest BCUT2D eigenvalue weighted by Gasteiger charge is -2.31. The standard InChI is InChI=1S/C38H52N6O8/c1-10-12-24(2)51-36-40-35(34-39-21-30(44(34)41-36)33(45)29-13-11-18-43(29)37(46)52-38(3,4)5)42(22-25-14-16-27(47-6)19-31(25)49-8)23-26-15-17-28(48-7)20-32(26)50-9/h14-17,19-21,24,29,33,45H,10-13,18,22-23H2,1-9H3/t24-,29?,33?/m0/s1. The number of ether oxygens (including phenoxy) is 6. The van der Waals surface area contributed by atoms with Crippen molar-refractivity contribution in [2.24, 2.45) is 0 Å². The second-order valence-corrected chi connectivity index (χ2v) is 13.9. The summed E-state index contributed by atoms with van der Waals surface area (Å²) in [6.07, 6.45) is 2.83. The maximum absolute atomic E-state index is 13.2. The molecule has 282 valence electrons. The Balaban J connectivity index is 1.65. The molecule has 0 aliphatic carbocycles. The third-order valence-corrected chi connectivity index (χ3v) is 8.96. The molecule has 1 saturated heterocycles. The molecule has 52 heavy (non-hydrogen) atoms. The smallest absolute Gasteiger partial charge is 0.410 e. The number of benzene rings is 2. The molecule has 0 radical (unpaired) electrons. The number of aliphatic hydroxyl groups is 1. The highest BCUT2D eigenvalue weighted by Gasteiger charge is 2.39. The van der Waals surface area contributed by atoms with Gasteiger partial charge in [-0.15, -0.1) is 5.10 Å². The molecule has 1 fully saturated rings. The number of aliphatic hydroxyl groups excluding tert-OH is 1. The molecule has 0 spiro atoms. The molecule has 5 rings (SSSR count). The van der Waals surface area contributed by atoms with Gasteiger partial charge in [0.2, 0.25) is 0 Å². The number of hydrogen-bond donors (Lipinski definition) is 1.